The average Bonchev–Trinajstić information content (AvgIpc) is 2.71. The first-order valence-electron chi connectivity index (χ1n) is 6.90. The lowest BCUT2D eigenvalue weighted by Gasteiger charge is -2.20. The first-order chi connectivity index (χ1) is 9.88. The number of carboxylic acid groups (broad SMARTS) is 1. The van der Waals surface area contributed by atoms with Crippen LogP contribution in [0.5, 0.6) is 0 Å². The van der Waals surface area contributed by atoms with Gasteiger partial charge in [0.2, 0.25) is 0 Å². The largest absolute Gasteiger partial charge is 0.481 e. The van der Waals surface area contributed by atoms with E-state index in [1.54, 1.807) is 7.05 Å². The number of carbonyl (C=O) groups is 1. The Morgan fingerprint density at radius 2 is 2.19 bits per heavy atom. The van der Waals surface area contributed by atoms with Crippen LogP contribution in [0.25, 0.3) is 11.0 Å². The minimum Gasteiger partial charge on any atom is -0.481 e. The van der Waals surface area contributed by atoms with E-state index in [0.29, 0.717) is 13.1 Å². The number of fused-ring (bicyclic) bond motifs is 1. The SMILES string of the molecule is Cc1nc2cc(C(O)CN(C)CCC(=O)O)ccc2n1C. The van der Waals surface area contributed by atoms with Crippen molar-refractivity contribution < 1.29 is 15.0 Å². The van der Waals surface area contributed by atoms with Crippen molar-refractivity contribution in [1.29, 1.82) is 0 Å². The standard InChI is InChI=1S/C15H21N3O3/c1-10-16-12-8-11(4-5-13(12)18(10)3)14(19)9-17(2)7-6-15(20)21/h4-5,8,14,19H,6-7,9H2,1-3H3,(H,20,21). The number of rotatable bonds is 6. The summed E-state index contributed by atoms with van der Waals surface area (Å²) in [6.07, 6.45) is -0.586. The van der Waals surface area contributed by atoms with Crippen LogP contribution < -0.4 is 0 Å². The number of aliphatic hydroxyl groups excluding tert-OH is 1. The molecule has 0 spiro atoms. The second kappa shape index (κ2) is 6.24. The zero-order chi connectivity index (χ0) is 15.6. The van der Waals surface area contributed by atoms with Crippen molar-refractivity contribution in [3.8, 4) is 0 Å². The fourth-order valence-corrected chi connectivity index (χ4v) is 2.32. The Morgan fingerprint density at radius 3 is 2.86 bits per heavy atom. The van der Waals surface area contributed by atoms with E-state index in [0.717, 1.165) is 22.4 Å². The van der Waals surface area contributed by atoms with Gasteiger partial charge in [0, 0.05) is 20.1 Å². The number of hydrogen-bond donors (Lipinski definition) is 2. The average molecular weight is 291 g/mol. The van der Waals surface area contributed by atoms with Crippen molar-refractivity contribution in [2.24, 2.45) is 7.05 Å². The number of hydrogen-bond acceptors (Lipinski definition) is 4. The van der Waals surface area contributed by atoms with Crippen molar-refractivity contribution in [1.82, 2.24) is 14.5 Å². The fourth-order valence-electron chi connectivity index (χ4n) is 2.32. The van der Waals surface area contributed by atoms with Gasteiger partial charge < -0.3 is 19.7 Å². The highest BCUT2D eigenvalue weighted by atomic mass is 16.4. The molecule has 114 valence electrons. The number of aryl methyl sites for hydroxylation is 2. The van der Waals surface area contributed by atoms with Gasteiger partial charge in [0.1, 0.15) is 5.82 Å². The van der Waals surface area contributed by atoms with Crippen LogP contribution in [0.3, 0.4) is 0 Å². The molecule has 0 aliphatic heterocycles. The Kier molecular flexibility index (Phi) is 4.59. The maximum Gasteiger partial charge on any atom is 0.304 e. The summed E-state index contributed by atoms with van der Waals surface area (Å²) in [7, 11) is 3.76. The number of benzene rings is 1. The highest BCUT2D eigenvalue weighted by molar-refractivity contribution is 5.76. The van der Waals surface area contributed by atoms with Gasteiger partial charge >= 0.3 is 5.97 Å². The molecule has 2 rings (SSSR count). The minimum absolute atomic E-state index is 0.0711. The molecule has 1 aromatic heterocycles. The van der Waals surface area contributed by atoms with Crippen LogP contribution in [0.1, 0.15) is 23.9 Å². The van der Waals surface area contributed by atoms with Gasteiger partial charge in [-0.15, -0.1) is 0 Å². The zero-order valence-electron chi connectivity index (χ0n) is 12.6. The van der Waals surface area contributed by atoms with Crippen LogP contribution in [0.2, 0.25) is 0 Å². The van der Waals surface area contributed by atoms with Crippen LogP contribution in [-0.2, 0) is 11.8 Å². The number of aliphatic carboxylic acids is 1. The van der Waals surface area contributed by atoms with Gasteiger partial charge in [0.05, 0.1) is 23.6 Å². The number of nitrogens with zero attached hydrogens (tertiary/aromatic N) is 3. The Morgan fingerprint density at radius 1 is 1.48 bits per heavy atom. The molecular weight excluding hydrogens is 270 g/mol. The Balaban J connectivity index is 2.08. The van der Waals surface area contributed by atoms with Crippen LogP contribution in [0, 0.1) is 6.92 Å². The van der Waals surface area contributed by atoms with Gasteiger partial charge in [0.15, 0.2) is 0 Å². The third-order valence-electron chi connectivity index (χ3n) is 3.71. The highest BCUT2D eigenvalue weighted by Gasteiger charge is 2.13. The van der Waals surface area contributed by atoms with E-state index < -0.39 is 12.1 Å². The molecule has 1 heterocycles. The maximum atomic E-state index is 10.5. The Bertz CT molecular complexity index is 651. The third kappa shape index (κ3) is 3.59. The minimum atomic E-state index is -0.832. The van der Waals surface area contributed by atoms with Gasteiger partial charge in [-0.05, 0) is 31.7 Å². The number of likely N-dealkylation sites (N-methyl/N-ethyl adjacent to an activating group) is 1. The van der Waals surface area contributed by atoms with E-state index in [2.05, 4.69) is 4.98 Å². The molecule has 1 atom stereocenters. The van der Waals surface area contributed by atoms with Crippen molar-refractivity contribution in [3.05, 3.63) is 29.6 Å². The number of imidazole rings is 1. The van der Waals surface area contributed by atoms with Gasteiger partial charge in [-0.25, -0.2) is 4.98 Å². The summed E-state index contributed by atoms with van der Waals surface area (Å²) < 4.78 is 2.00. The van der Waals surface area contributed by atoms with Gasteiger partial charge in [-0.2, -0.15) is 0 Å². The van der Waals surface area contributed by atoms with Crippen molar-refractivity contribution in [2.75, 3.05) is 20.1 Å². The summed E-state index contributed by atoms with van der Waals surface area (Å²) in [6.45, 7) is 2.75. The summed E-state index contributed by atoms with van der Waals surface area (Å²) in [4.78, 5) is 16.8. The molecule has 0 amide bonds. The molecule has 0 radical (unpaired) electrons. The van der Waals surface area contributed by atoms with Crippen molar-refractivity contribution in [3.63, 3.8) is 0 Å². The number of carboxylic acids is 1. The monoisotopic (exact) mass is 291 g/mol. The predicted octanol–water partition coefficient (Wildman–Crippen LogP) is 1.32. The van der Waals surface area contributed by atoms with Crippen molar-refractivity contribution >= 4 is 17.0 Å². The van der Waals surface area contributed by atoms with Gasteiger partial charge in [-0.3, -0.25) is 4.79 Å². The Hall–Kier alpha value is -1.92. The lowest BCUT2D eigenvalue weighted by atomic mass is 10.1. The first-order valence-corrected chi connectivity index (χ1v) is 6.90. The second-order valence-electron chi connectivity index (χ2n) is 5.39. The third-order valence-corrected chi connectivity index (χ3v) is 3.71. The van der Waals surface area contributed by atoms with Gasteiger partial charge in [0.25, 0.3) is 0 Å². The topological polar surface area (TPSA) is 78.6 Å². The van der Waals surface area contributed by atoms with Crippen LogP contribution in [0.15, 0.2) is 18.2 Å². The van der Waals surface area contributed by atoms with E-state index in [4.69, 9.17) is 5.11 Å². The molecule has 6 nitrogen and oxygen atoms in total. The molecule has 2 aromatic rings. The predicted molar refractivity (Wildman–Crippen MR) is 80.2 cm³/mol. The normalized spacial score (nSPS) is 13.0. The molecule has 1 aromatic carbocycles. The molecule has 6 heteroatoms. The van der Waals surface area contributed by atoms with E-state index in [-0.39, 0.29) is 6.42 Å². The fraction of sp³-hybridized carbons (Fsp3) is 0.467. The van der Waals surface area contributed by atoms with Gasteiger partial charge in [-0.1, -0.05) is 6.07 Å². The van der Waals surface area contributed by atoms with Crippen LogP contribution in [-0.4, -0.2) is 50.8 Å². The zero-order valence-corrected chi connectivity index (χ0v) is 12.6. The molecule has 0 aliphatic carbocycles. The Labute approximate surface area is 123 Å². The maximum absolute atomic E-state index is 10.5. The quantitative estimate of drug-likeness (QED) is 0.839. The summed E-state index contributed by atoms with van der Waals surface area (Å²) in [5.41, 5.74) is 2.69. The van der Waals surface area contributed by atoms with E-state index in [9.17, 15) is 9.90 Å². The molecular formula is C15H21N3O3. The van der Waals surface area contributed by atoms with E-state index in [1.165, 1.54) is 0 Å². The molecule has 1 unspecified atom stereocenters. The number of aromatic nitrogens is 2. The lowest BCUT2D eigenvalue weighted by molar-refractivity contribution is -0.137. The molecule has 2 N–H and O–H groups in total. The summed E-state index contributed by atoms with van der Waals surface area (Å²) in [5.74, 6) is 0.0944. The van der Waals surface area contributed by atoms with Crippen molar-refractivity contribution in [2.45, 2.75) is 19.4 Å². The van der Waals surface area contributed by atoms with E-state index >= 15 is 0 Å². The summed E-state index contributed by atoms with van der Waals surface area (Å²) in [5, 5.41) is 18.9. The second-order valence-corrected chi connectivity index (χ2v) is 5.39. The van der Waals surface area contributed by atoms with Crippen LogP contribution in [0.4, 0.5) is 0 Å². The lowest BCUT2D eigenvalue weighted by Crippen LogP contribution is -2.27. The molecule has 0 aliphatic rings. The van der Waals surface area contributed by atoms with Crippen LogP contribution >= 0.6 is 0 Å². The molecule has 21 heavy (non-hydrogen) atoms. The summed E-state index contributed by atoms with van der Waals surface area (Å²) in [6, 6.07) is 5.72. The molecule has 0 saturated carbocycles. The first kappa shape index (κ1) is 15.5. The number of aliphatic hydroxyl groups is 1. The molecule has 0 saturated heterocycles. The smallest absolute Gasteiger partial charge is 0.304 e. The molecule has 0 fully saturated rings. The van der Waals surface area contributed by atoms with E-state index in [1.807, 2.05) is 41.6 Å². The summed E-state index contributed by atoms with van der Waals surface area (Å²) >= 11 is 0. The highest BCUT2D eigenvalue weighted by Crippen LogP contribution is 2.21. The molecule has 0 bridgehead atoms.